The number of ether oxygens (including phenoxy) is 2. The van der Waals surface area contributed by atoms with Crippen molar-refractivity contribution in [2.24, 2.45) is 0 Å². The van der Waals surface area contributed by atoms with E-state index in [2.05, 4.69) is 4.98 Å². The smallest absolute Gasteiger partial charge is 0.414 e. The molecule has 0 amide bonds. The molecule has 1 aromatic heterocycles. The Balaban J connectivity index is 1.61. The predicted molar refractivity (Wildman–Crippen MR) is 79.0 cm³/mol. The second kappa shape index (κ2) is 6.33. The molecule has 7 nitrogen and oxygen atoms in total. The van der Waals surface area contributed by atoms with Crippen molar-refractivity contribution in [2.45, 2.75) is 25.1 Å². The quantitative estimate of drug-likeness (QED) is 0.480. The molecular weight excluding hydrogens is 310 g/mol. The fourth-order valence-electron chi connectivity index (χ4n) is 2.28. The molecule has 1 aliphatic heterocycles. The Labute approximate surface area is 131 Å². The molecule has 2 heterocycles. The van der Waals surface area contributed by atoms with Gasteiger partial charge in [0.15, 0.2) is 0 Å². The van der Waals surface area contributed by atoms with Crippen LogP contribution in [0.4, 0.5) is 5.82 Å². The van der Waals surface area contributed by atoms with Gasteiger partial charge in [0, 0.05) is 10.9 Å². The van der Waals surface area contributed by atoms with Crippen molar-refractivity contribution in [3.63, 3.8) is 0 Å². The highest BCUT2D eigenvalue weighted by atomic mass is 35.5. The van der Waals surface area contributed by atoms with E-state index < -0.39 is 4.92 Å². The fraction of sp³-hybridized carbons (Fsp3) is 0.357. The minimum atomic E-state index is -0.539. The first-order chi connectivity index (χ1) is 10.7. The van der Waals surface area contributed by atoms with Gasteiger partial charge in [0.2, 0.25) is 0 Å². The zero-order chi connectivity index (χ0) is 15.5. The lowest BCUT2D eigenvalue weighted by Crippen LogP contribution is -2.32. The van der Waals surface area contributed by atoms with E-state index in [1.807, 2.05) is 24.3 Å². The molecule has 0 spiro atoms. The molecule has 1 aromatic carbocycles. The maximum absolute atomic E-state index is 10.7. The van der Waals surface area contributed by atoms with Crippen LogP contribution in [0.3, 0.4) is 0 Å². The number of fused-ring (bicyclic) bond motifs is 1. The van der Waals surface area contributed by atoms with Crippen LogP contribution < -0.4 is 4.74 Å². The van der Waals surface area contributed by atoms with Crippen LogP contribution in [0.2, 0.25) is 0 Å². The lowest BCUT2D eigenvalue weighted by atomic mass is 10.1. The van der Waals surface area contributed by atoms with Crippen molar-refractivity contribution in [2.75, 3.05) is 6.61 Å². The lowest BCUT2D eigenvalue weighted by Gasteiger charge is -2.22. The summed E-state index contributed by atoms with van der Waals surface area (Å²) in [6, 6.07) is 8.11. The van der Waals surface area contributed by atoms with Crippen molar-refractivity contribution in [3.8, 4) is 6.01 Å². The molecular formula is C14H14ClN3O4. The van der Waals surface area contributed by atoms with Crippen molar-refractivity contribution in [3.05, 3.63) is 51.7 Å². The van der Waals surface area contributed by atoms with Crippen LogP contribution in [0.15, 0.2) is 30.5 Å². The van der Waals surface area contributed by atoms with Crippen LogP contribution in [0.25, 0.3) is 0 Å². The van der Waals surface area contributed by atoms with Crippen LogP contribution in [0.1, 0.15) is 11.1 Å². The summed E-state index contributed by atoms with van der Waals surface area (Å²) in [6.07, 6.45) is 1.18. The number of nitrogens with zero attached hydrogens (tertiary/aromatic N) is 3. The molecule has 0 radical (unpaired) electrons. The number of imidazole rings is 1. The number of benzene rings is 1. The molecule has 22 heavy (non-hydrogen) atoms. The monoisotopic (exact) mass is 323 g/mol. The van der Waals surface area contributed by atoms with Gasteiger partial charge in [-0.2, -0.15) is 0 Å². The van der Waals surface area contributed by atoms with Crippen LogP contribution in [0.5, 0.6) is 6.01 Å². The minimum absolute atomic E-state index is 0.180. The van der Waals surface area contributed by atoms with Gasteiger partial charge >= 0.3 is 11.8 Å². The number of hydrogen-bond donors (Lipinski definition) is 0. The highest BCUT2D eigenvalue weighted by Gasteiger charge is 2.28. The summed E-state index contributed by atoms with van der Waals surface area (Å²) < 4.78 is 12.8. The fourth-order valence-corrected chi connectivity index (χ4v) is 2.44. The summed E-state index contributed by atoms with van der Waals surface area (Å²) in [5.41, 5.74) is 2.07. The molecule has 2 aromatic rings. The molecule has 3 rings (SSSR count). The normalized spacial score (nSPS) is 16.9. The Morgan fingerprint density at radius 1 is 1.50 bits per heavy atom. The van der Waals surface area contributed by atoms with Gasteiger partial charge in [-0.3, -0.25) is 4.57 Å². The van der Waals surface area contributed by atoms with E-state index in [4.69, 9.17) is 21.1 Å². The van der Waals surface area contributed by atoms with E-state index in [0.717, 1.165) is 11.1 Å². The summed E-state index contributed by atoms with van der Waals surface area (Å²) in [5.74, 6) is 0.244. The molecule has 0 aliphatic carbocycles. The zero-order valence-electron chi connectivity index (χ0n) is 11.6. The first-order valence-electron chi connectivity index (χ1n) is 6.75. The number of hydrogen-bond acceptors (Lipinski definition) is 5. The SMILES string of the molecule is O=[N+]([O-])c1cn2c(n1)OCC(OCc1cccc(CCl)c1)C2. The van der Waals surface area contributed by atoms with Gasteiger partial charge in [-0.1, -0.05) is 24.3 Å². The van der Waals surface area contributed by atoms with Crippen LogP contribution in [0, 0.1) is 10.1 Å². The Bertz CT molecular complexity index is 688. The average molecular weight is 324 g/mol. The largest absolute Gasteiger partial charge is 0.443 e. The molecule has 8 heteroatoms. The van der Waals surface area contributed by atoms with Crippen molar-refractivity contribution in [1.29, 1.82) is 0 Å². The third kappa shape index (κ3) is 3.20. The topological polar surface area (TPSA) is 79.4 Å². The van der Waals surface area contributed by atoms with Gasteiger partial charge in [-0.05, 0) is 16.1 Å². The van der Waals surface area contributed by atoms with Gasteiger partial charge in [0.1, 0.15) is 18.9 Å². The molecule has 0 N–H and O–H groups in total. The number of rotatable bonds is 5. The molecule has 0 fully saturated rings. The Hall–Kier alpha value is -2.12. The highest BCUT2D eigenvalue weighted by Crippen LogP contribution is 2.22. The van der Waals surface area contributed by atoms with Gasteiger partial charge in [0.05, 0.1) is 13.2 Å². The minimum Gasteiger partial charge on any atom is -0.443 e. The third-order valence-electron chi connectivity index (χ3n) is 3.34. The molecule has 116 valence electrons. The van der Waals surface area contributed by atoms with Crippen molar-refractivity contribution < 1.29 is 14.4 Å². The molecule has 0 saturated heterocycles. The third-order valence-corrected chi connectivity index (χ3v) is 3.65. The Morgan fingerprint density at radius 2 is 2.32 bits per heavy atom. The van der Waals surface area contributed by atoms with E-state index >= 15 is 0 Å². The molecule has 0 saturated carbocycles. The molecule has 1 atom stereocenters. The molecule has 0 bridgehead atoms. The van der Waals surface area contributed by atoms with Gasteiger partial charge in [0.25, 0.3) is 0 Å². The van der Waals surface area contributed by atoms with Crippen LogP contribution >= 0.6 is 11.6 Å². The van der Waals surface area contributed by atoms with Crippen LogP contribution in [-0.4, -0.2) is 27.2 Å². The first kappa shape index (κ1) is 14.8. The maximum Gasteiger partial charge on any atom is 0.414 e. The number of alkyl halides is 1. The molecule has 1 unspecified atom stereocenters. The second-order valence-electron chi connectivity index (χ2n) is 4.99. The second-order valence-corrected chi connectivity index (χ2v) is 5.26. The Morgan fingerprint density at radius 3 is 3.09 bits per heavy atom. The number of nitro groups is 1. The van der Waals surface area contributed by atoms with Gasteiger partial charge in [-0.25, -0.2) is 0 Å². The predicted octanol–water partition coefficient (Wildman–Crippen LogP) is 2.51. The van der Waals surface area contributed by atoms with E-state index in [1.54, 1.807) is 4.57 Å². The maximum atomic E-state index is 10.7. The number of aromatic nitrogens is 2. The standard InChI is InChI=1S/C14H14ClN3O4/c15-5-10-2-1-3-11(4-10)8-21-12-6-17-7-13(18(19)20)16-14(17)22-9-12/h1-4,7,12H,5-6,8-9H2. The summed E-state index contributed by atoms with van der Waals surface area (Å²) in [4.78, 5) is 14.0. The van der Waals surface area contributed by atoms with Gasteiger partial charge in [-0.15, -0.1) is 11.6 Å². The highest BCUT2D eigenvalue weighted by molar-refractivity contribution is 6.17. The lowest BCUT2D eigenvalue weighted by molar-refractivity contribution is -0.389. The first-order valence-corrected chi connectivity index (χ1v) is 7.29. The zero-order valence-corrected chi connectivity index (χ0v) is 12.4. The number of halogens is 1. The van der Waals surface area contributed by atoms with E-state index in [-0.39, 0.29) is 17.9 Å². The van der Waals surface area contributed by atoms with Crippen molar-refractivity contribution in [1.82, 2.24) is 9.55 Å². The average Bonchev–Trinajstić information content (AvgIpc) is 2.96. The van der Waals surface area contributed by atoms with Gasteiger partial charge < -0.3 is 19.6 Å². The van der Waals surface area contributed by atoms with Crippen LogP contribution in [-0.2, 0) is 23.8 Å². The van der Waals surface area contributed by atoms with E-state index in [1.165, 1.54) is 6.20 Å². The van der Waals surface area contributed by atoms with E-state index in [9.17, 15) is 10.1 Å². The summed E-state index contributed by atoms with van der Waals surface area (Å²) >= 11 is 5.81. The summed E-state index contributed by atoms with van der Waals surface area (Å²) in [7, 11) is 0. The van der Waals surface area contributed by atoms with E-state index in [0.29, 0.717) is 25.6 Å². The molecule has 1 aliphatic rings. The Kier molecular flexibility index (Phi) is 4.26. The summed E-state index contributed by atoms with van der Waals surface area (Å²) in [6.45, 7) is 1.24. The summed E-state index contributed by atoms with van der Waals surface area (Å²) in [5, 5.41) is 10.7. The van der Waals surface area contributed by atoms with Crippen molar-refractivity contribution >= 4 is 17.4 Å².